The standard InChI is InChI=1S/C10H13Cl2NOS/c1-7(11)3-2-5-13-10(14)9-8(12)4-6-15-9/h4,6-7H,2-3,5H2,1H3,(H,13,14). The van der Waals surface area contributed by atoms with Crippen molar-refractivity contribution in [3.63, 3.8) is 0 Å². The van der Waals surface area contributed by atoms with Crippen LogP contribution in [-0.2, 0) is 0 Å². The number of carbonyl (C=O) groups excluding carboxylic acids is 1. The second kappa shape index (κ2) is 6.36. The lowest BCUT2D eigenvalue weighted by Crippen LogP contribution is -2.24. The van der Waals surface area contributed by atoms with Gasteiger partial charge in [-0.2, -0.15) is 0 Å². The third-order valence-electron chi connectivity index (χ3n) is 1.89. The lowest BCUT2D eigenvalue weighted by molar-refractivity contribution is 0.0957. The normalized spacial score (nSPS) is 12.5. The van der Waals surface area contributed by atoms with E-state index in [1.54, 1.807) is 11.4 Å². The minimum atomic E-state index is -0.0998. The largest absolute Gasteiger partial charge is 0.351 e. The molecule has 0 aromatic carbocycles. The molecule has 0 saturated heterocycles. The van der Waals surface area contributed by atoms with Crippen molar-refractivity contribution in [1.29, 1.82) is 0 Å². The molecule has 1 amide bonds. The van der Waals surface area contributed by atoms with Crippen LogP contribution >= 0.6 is 34.5 Å². The van der Waals surface area contributed by atoms with Crippen LogP contribution in [0.4, 0.5) is 0 Å². The Morgan fingerprint density at radius 2 is 2.40 bits per heavy atom. The molecule has 5 heteroatoms. The van der Waals surface area contributed by atoms with Crippen molar-refractivity contribution in [2.45, 2.75) is 25.1 Å². The second-order valence-corrected chi connectivity index (χ2v) is 5.34. The van der Waals surface area contributed by atoms with Crippen LogP contribution in [0.2, 0.25) is 5.02 Å². The van der Waals surface area contributed by atoms with Gasteiger partial charge in [0.15, 0.2) is 0 Å². The molecule has 1 rings (SSSR count). The first-order valence-corrected chi connectivity index (χ1v) is 6.46. The highest BCUT2D eigenvalue weighted by molar-refractivity contribution is 7.12. The number of nitrogens with one attached hydrogen (secondary N) is 1. The van der Waals surface area contributed by atoms with Crippen molar-refractivity contribution in [1.82, 2.24) is 5.32 Å². The Kier molecular flexibility index (Phi) is 5.43. The minimum Gasteiger partial charge on any atom is -0.351 e. The Balaban J connectivity index is 2.28. The van der Waals surface area contributed by atoms with Crippen LogP contribution in [0.3, 0.4) is 0 Å². The summed E-state index contributed by atoms with van der Waals surface area (Å²) in [6.07, 6.45) is 1.79. The van der Waals surface area contributed by atoms with Gasteiger partial charge in [0.25, 0.3) is 5.91 Å². The molecular weight excluding hydrogens is 253 g/mol. The number of hydrogen-bond donors (Lipinski definition) is 1. The molecule has 0 aliphatic carbocycles. The molecule has 1 aromatic heterocycles. The van der Waals surface area contributed by atoms with E-state index in [-0.39, 0.29) is 11.3 Å². The third-order valence-corrected chi connectivity index (χ3v) is 3.45. The van der Waals surface area contributed by atoms with Crippen molar-refractivity contribution in [3.8, 4) is 0 Å². The lowest BCUT2D eigenvalue weighted by Gasteiger charge is -2.04. The fourth-order valence-corrected chi connectivity index (χ4v) is 2.33. The Labute approximate surface area is 104 Å². The van der Waals surface area contributed by atoms with E-state index in [2.05, 4.69) is 5.32 Å². The second-order valence-electron chi connectivity index (χ2n) is 3.28. The summed E-state index contributed by atoms with van der Waals surface area (Å²) in [7, 11) is 0. The molecule has 1 unspecified atom stereocenters. The van der Waals surface area contributed by atoms with Gasteiger partial charge in [-0.25, -0.2) is 0 Å². The van der Waals surface area contributed by atoms with Gasteiger partial charge in [-0.3, -0.25) is 4.79 Å². The van der Waals surface area contributed by atoms with Gasteiger partial charge in [0, 0.05) is 11.9 Å². The number of carbonyl (C=O) groups is 1. The summed E-state index contributed by atoms with van der Waals surface area (Å²) in [6, 6.07) is 1.72. The monoisotopic (exact) mass is 265 g/mol. The van der Waals surface area contributed by atoms with Crippen LogP contribution in [0.15, 0.2) is 11.4 Å². The van der Waals surface area contributed by atoms with E-state index in [0.29, 0.717) is 16.4 Å². The molecule has 0 aliphatic heterocycles. The van der Waals surface area contributed by atoms with E-state index in [9.17, 15) is 4.79 Å². The summed E-state index contributed by atoms with van der Waals surface area (Å²) in [4.78, 5) is 12.1. The van der Waals surface area contributed by atoms with Gasteiger partial charge in [-0.05, 0) is 31.2 Å². The van der Waals surface area contributed by atoms with E-state index in [4.69, 9.17) is 23.2 Å². The maximum absolute atomic E-state index is 11.6. The predicted molar refractivity (Wildman–Crippen MR) is 66.2 cm³/mol. The van der Waals surface area contributed by atoms with Gasteiger partial charge in [0.1, 0.15) is 4.88 Å². The molecule has 1 N–H and O–H groups in total. The summed E-state index contributed by atoms with van der Waals surface area (Å²) >= 11 is 13.0. The van der Waals surface area contributed by atoms with Gasteiger partial charge in [0.2, 0.25) is 0 Å². The smallest absolute Gasteiger partial charge is 0.262 e. The van der Waals surface area contributed by atoms with Gasteiger partial charge < -0.3 is 5.32 Å². The van der Waals surface area contributed by atoms with Crippen LogP contribution in [0, 0.1) is 0 Å². The lowest BCUT2D eigenvalue weighted by atomic mass is 10.2. The highest BCUT2D eigenvalue weighted by Crippen LogP contribution is 2.21. The number of halogens is 2. The molecular formula is C10H13Cl2NOS. The maximum Gasteiger partial charge on any atom is 0.262 e. The van der Waals surface area contributed by atoms with Crippen LogP contribution in [-0.4, -0.2) is 17.8 Å². The van der Waals surface area contributed by atoms with Crippen LogP contribution in [0.1, 0.15) is 29.4 Å². The summed E-state index contributed by atoms with van der Waals surface area (Å²) in [6.45, 7) is 2.59. The molecule has 15 heavy (non-hydrogen) atoms. The predicted octanol–water partition coefficient (Wildman–Crippen LogP) is 3.54. The van der Waals surface area contributed by atoms with Gasteiger partial charge in [0.05, 0.1) is 5.02 Å². The number of rotatable bonds is 5. The highest BCUT2D eigenvalue weighted by Gasteiger charge is 2.10. The summed E-state index contributed by atoms with van der Waals surface area (Å²) < 4.78 is 0. The Bertz CT molecular complexity index is 325. The van der Waals surface area contributed by atoms with Crippen molar-refractivity contribution in [2.75, 3.05) is 6.54 Å². The van der Waals surface area contributed by atoms with E-state index >= 15 is 0 Å². The maximum atomic E-state index is 11.6. The summed E-state index contributed by atoms with van der Waals surface area (Å²) in [5.41, 5.74) is 0. The van der Waals surface area contributed by atoms with Gasteiger partial charge in [-0.15, -0.1) is 22.9 Å². The molecule has 0 bridgehead atoms. The van der Waals surface area contributed by atoms with E-state index in [1.807, 2.05) is 6.92 Å². The van der Waals surface area contributed by atoms with Crippen molar-refractivity contribution in [3.05, 3.63) is 21.3 Å². The van der Waals surface area contributed by atoms with E-state index in [1.165, 1.54) is 11.3 Å². The first-order valence-electron chi connectivity index (χ1n) is 4.76. The average Bonchev–Trinajstić information content (AvgIpc) is 2.58. The third kappa shape index (κ3) is 4.41. The summed E-state index contributed by atoms with van der Waals surface area (Å²) in [5, 5.41) is 5.29. The topological polar surface area (TPSA) is 29.1 Å². The first-order chi connectivity index (χ1) is 7.11. The number of amides is 1. The molecule has 2 nitrogen and oxygen atoms in total. The minimum absolute atomic E-state index is 0.0998. The van der Waals surface area contributed by atoms with Crippen LogP contribution < -0.4 is 5.32 Å². The van der Waals surface area contributed by atoms with Crippen molar-refractivity contribution in [2.24, 2.45) is 0 Å². The number of hydrogen-bond acceptors (Lipinski definition) is 2. The Morgan fingerprint density at radius 3 is 2.93 bits per heavy atom. The van der Waals surface area contributed by atoms with Gasteiger partial charge in [-0.1, -0.05) is 11.6 Å². The van der Waals surface area contributed by atoms with Crippen molar-refractivity contribution >= 4 is 40.4 Å². The molecule has 1 aromatic rings. The SMILES string of the molecule is CC(Cl)CCCNC(=O)c1sccc1Cl. The average molecular weight is 266 g/mol. The van der Waals surface area contributed by atoms with Crippen LogP contribution in [0.5, 0.6) is 0 Å². The highest BCUT2D eigenvalue weighted by atomic mass is 35.5. The number of alkyl halides is 1. The van der Waals surface area contributed by atoms with E-state index < -0.39 is 0 Å². The summed E-state index contributed by atoms with van der Waals surface area (Å²) in [5.74, 6) is -0.0998. The first kappa shape index (κ1) is 12.8. The van der Waals surface area contributed by atoms with E-state index in [0.717, 1.165) is 12.8 Å². The van der Waals surface area contributed by atoms with Crippen LogP contribution in [0.25, 0.3) is 0 Å². The molecule has 84 valence electrons. The quantitative estimate of drug-likeness (QED) is 0.641. The fraction of sp³-hybridized carbons (Fsp3) is 0.500. The molecule has 0 radical (unpaired) electrons. The van der Waals surface area contributed by atoms with Gasteiger partial charge >= 0.3 is 0 Å². The fourth-order valence-electron chi connectivity index (χ4n) is 1.12. The zero-order valence-electron chi connectivity index (χ0n) is 8.43. The zero-order valence-corrected chi connectivity index (χ0v) is 10.8. The molecule has 0 spiro atoms. The molecule has 0 aliphatic rings. The molecule has 1 heterocycles. The Hall–Kier alpha value is -0.250. The Morgan fingerprint density at radius 1 is 1.67 bits per heavy atom. The molecule has 0 saturated carbocycles. The number of thiophene rings is 1. The molecule has 1 atom stereocenters. The van der Waals surface area contributed by atoms with Crippen molar-refractivity contribution < 1.29 is 4.79 Å². The molecule has 0 fully saturated rings. The zero-order chi connectivity index (χ0) is 11.3.